The third kappa shape index (κ3) is 5.77. The summed E-state index contributed by atoms with van der Waals surface area (Å²) < 4.78 is 28.9. The van der Waals surface area contributed by atoms with E-state index in [4.69, 9.17) is 0 Å². The lowest BCUT2D eigenvalue weighted by Crippen LogP contribution is -2.38. The minimum Gasteiger partial charge on any atom is -0.357 e. The van der Waals surface area contributed by atoms with Crippen molar-refractivity contribution in [3.05, 3.63) is 52.9 Å². The molecule has 0 saturated carbocycles. The van der Waals surface area contributed by atoms with Crippen molar-refractivity contribution in [2.45, 2.75) is 39.7 Å². The summed E-state index contributed by atoms with van der Waals surface area (Å²) in [5, 5.41) is 7.79. The normalized spacial score (nSPS) is 11.9. The quantitative estimate of drug-likeness (QED) is 0.594. The van der Waals surface area contributed by atoms with Crippen LogP contribution in [0.25, 0.3) is 0 Å². The topological polar surface area (TPSA) is 45.5 Å². The van der Waals surface area contributed by atoms with Crippen LogP contribution in [0.1, 0.15) is 43.5 Å². The molecule has 0 aliphatic rings. The molecule has 1 heterocycles. The molecule has 1 N–H and O–H groups in total. The van der Waals surface area contributed by atoms with E-state index in [0.717, 1.165) is 35.9 Å². The molecule has 1 aromatic heterocycles. The molecular formula is C20H29F2N5. The smallest absolute Gasteiger partial charge is 0.193 e. The zero-order chi connectivity index (χ0) is 20.0. The third-order valence-corrected chi connectivity index (χ3v) is 4.24. The number of hydrogen-bond donors (Lipinski definition) is 1. The molecule has 0 unspecified atom stereocenters. The predicted octanol–water partition coefficient (Wildman–Crippen LogP) is 3.46. The summed E-state index contributed by atoms with van der Waals surface area (Å²) in [5.74, 6) is 0.233. The van der Waals surface area contributed by atoms with E-state index in [1.807, 2.05) is 36.8 Å². The number of rotatable bonds is 7. The molecule has 0 saturated heterocycles. The second-order valence-electron chi connectivity index (χ2n) is 6.95. The lowest BCUT2D eigenvalue weighted by atomic mass is 10.1. The molecule has 27 heavy (non-hydrogen) atoms. The summed E-state index contributed by atoms with van der Waals surface area (Å²) in [5.41, 5.74) is 2.56. The van der Waals surface area contributed by atoms with Gasteiger partial charge in [0.2, 0.25) is 0 Å². The monoisotopic (exact) mass is 377 g/mol. The van der Waals surface area contributed by atoms with Crippen LogP contribution in [-0.4, -0.2) is 40.8 Å². The average molecular weight is 377 g/mol. The lowest BCUT2D eigenvalue weighted by molar-refractivity contribution is 0.473. The molecule has 7 heteroatoms. The van der Waals surface area contributed by atoms with Gasteiger partial charge in [0, 0.05) is 45.5 Å². The van der Waals surface area contributed by atoms with Crippen LogP contribution >= 0.6 is 0 Å². The zero-order valence-corrected chi connectivity index (χ0v) is 16.8. The van der Waals surface area contributed by atoms with Crippen LogP contribution in [-0.2, 0) is 20.0 Å². The Kier molecular flexibility index (Phi) is 7.33. The van der Waals surface area contributed by atoms with Crippen LogP contribution in [0.3, 0.4) is 0 Å². The first-order valence-electron chi connectivity index (χ1n) is 9.27. The van der Waals surface area contributed by atoms with Crippen molar-refractivity contribution in [1.82, 2.24) is 20.0 Å². The second-order valence-corrected chi connectivity index (χ2v) is 6.95. The van der Waals surface area contributed by atoms with E-state index in [-0.39, 0.29) is 0 Å². The Bertz CT molecular complexity index is 783. The predicted molar refractivity (Wildman–Crippen MR) is 105 cm³/mol. The standard InChI is InChI=1S/C20H29F2N5/c1-6-23-20(24-10-9-15-11-17(21)7-8-18(15)22)26(4)12-16-13-27(5)25-19(16)14(2)3/h7-8,11,13-14H,6,9-10,12H2,1-5H3,(H,23,24). The Hall–Kier alpha value is -2.44. The first-order chi connectivity index (χ1) is 12.8. The molecule has 0 amide bonds. The van der Waals surface area contributed by atoms with Gasteiger partial charge in [0.05, 0.1) is 5.69 Å². The van der Waals surface area contributed by atoms with Gasteiger partial charge >= 0.3 is 0 Å². The van der Waals surface area contributed by atoms with Gasteiger partial charge in [-0.25, -0.2) is 8.78 Å². The largest absolute Gasteiger partial charge is 0.357 e. The Labute approximate surface area is 160 Å². The summed E-state index contributed by atoms with van der Waals surface area (Å²) in [4.78, 5) is 6.59. The number of guanidine groups is 1. The summed E-state index contributed by atoms with van der Waals surface area (Å²) in [6, 6.07) is 3.51. The van der Waals surface area contributed by atoms with Crippen molar-refractivity contribution in [3.8, 4) is 0 Å². The number of halogens is 2. The number of aliphatic imine (C=N–C) groups is 1. The van der Waals surface area contributed by atoms with Gasteiger partial charge in [-0.15, -0.1) is 0 Å². The van der Waals surface area contributed by atoms with Crippen molar-refractivity contribution in [2.24, 2.45) is 12.0 Å². The van der Waals surface area contributed by atoms with Gasteiger partial charge in [0.25, 0.3) is 0 Å². The number of hydrogen-bond acceptors (Lipinski definition) is 2. The SMILES string of the molecule is CCNC(=NCCc1cc(F)ccc1F)N(C)Cc1cn(C)nc1C(C)C. The van der Waals surface area contributed by atoms with Crippen LogP contribution in [0.2, 0.25) is 0 Å². The van der Waals surface area contributed by atoms with Gasteiger partial charge in [-0.2, -0.15) is 5.10 Å². The summed E-state index contributed by atoms with van der Waals surface area (Å²) in [6.45, 7) is 8.01. The molecule has 0 radical (unpaired) electrons. The Morgan fingerprint density at radius 1 is 1.30 bits per heavy atom. The van der Waals surface area contributed by atoms with Gasteiger partial charge in [0.15, 0.2) is 5.96 Å². The van der Waals surface area contributed by atoms with Gasteiger partial charge in [-0.1, -0.05) is 13.8 Å². The van der Waals surface area contributed by atoms with E-state index in [2.05, 4.69) is 29.3 Å². The molecular weight excluding hydrogens is 348 g/mol. The third-order valence-electron chi connectivity index (χ3n) is 4.24. The van der Waals surface area contributed by atoms with Gasteiger partial charge in [0.1, 0.15) is 11.6 Å². The Morgan fingerprint density at radius 3 is 2.70 bits per heavy atom. The van der Waals surface area contributed by atoms with Crippen molar-refractivity contribution in [1.29, 1.82) is 0 Å². The summed E-state index contributed by atoms with van der Waals surface area (Å²) in [7, 11) is 3.88. The highest BCUT2D eigenvalue weighted by atomic mass is 19.1. The van der Waals surface area contributed by atoms with Crippen LogP contribution in [0.5, 0.6) is 0 Å². The fourth-order valence-electron chi connectivity index (χ4n) is 2.98. The van der Waals surface area contributed by atoms with Gasteiger partial charge in [-0.3, -0.25) is 9.67 Å². The Morgan fingerprint density at radius 2 is 2.04 bits per heavy atom. The highest BCUT2D eigenvalue weighted by Crippen LogP contribution is 2.18. The maximum Gasteiger partial charge on any atom is 0.193 e. The van der Waals surface area contributed by atoms with E-state index in [1.165, 1.54) is 6.07 Å². The fourth-order valence-corrected chi connectivity index (χ4v) is 2.98. The minimum absolute atomic E-state index is 0.338. The number of aryl methyl sites for hydroxylation is 1. The number of aromatic nitrogens is 2. The van der Waals surface area contributed by atoms with Crippen molar-refractivity contribution >= 4 is 5.96 Å². The van der Waals surface area contributed by atoms with E-state index in [9.17, 15) is 8.78 Å². The van der Waals surface area contributed by atoms with E-state index in [0.29, 0.717) is 31.0 Å². The molecule has 0 aliphatic heterocycles. The molecule has 2 aromatic rings. The molecule has 0 aliphatic carbocycles. The highest BCUT2D eigenvalue weighted by Gasteiger charge is 2.15. The van der Waals surface area contributed by atoms with E-state index >= 15 is 0 Å². The molecule has 0 spiro atoms. The summed E-state index contributed by atoms with van der Waals surface area (Å²) in [6.07, 6.45) is 2.37. The molecule has 2 rings (SSSR count). The second kappa shape index (κ2) is 9.48. The zero-order valence-electron chi connectivity index (χ0n) is 16.8. The van der Waals surface area contributed by atoms with Crippen molar-refractivity contribution in [2.75, 3.05) is 20.1 Å². The molecule has 148 valence electrons. The van der Waals surface area contributed by atoms with E-state index in [1.54, 1.807) is 0 Å². The maximum absolute atomic E-state index is 13.8. The molecule has 0 bridgehead atoms. The maximum atomic E-state index is 13.8. The summed E-state index contributed by atoms with van der Waals surface area (Å²) >= 11 is 0. The van der Waals surface area contributed by atoms with Crippen molar-refractivity contribution < 1.29 is 8.78 Å². The minimum atomic E-state index is -0.433. The average Bonchev–Trinajstić information content (AvgIpc) is 2.97. The molecule has 1 aromatic carbocycles. The van der Waals surface area contributed by atoms with Crippen LogP contribution in [0.4, 0.5) is 8.78 Å². The molecule has 5 nitrogen and oxygen atoms in total. The van der Waals surface area contributed by atoms with E-state index < -0.39 is 11.6 Å². The number of nitrogens with one attached hydrogen (secondary N) is 1. The number of nitrogens with zero attached hydrogens (tertiary/aromatic N) is 4. The fraction of sp³-hybridized carbons (Fsp3) is 0.500. The van der Waals surface area contributed by atoms with Gasteiger partial charge < -0.3 is 10.2 Å². The highest BCUT2D eigenvalue weighted by molar-refractivity contribution is 5.79. The van der Waals surface area contributed by atoms with Crippen molar-refractivity contribution in [3.63, 3.8) is 0 Å². The Balaban J connectivity index is 2.09. The van der Waals surface area contributed by atoms with Crippen LogP contribution in [0, 0.1) is 11.6 Å². The molecule has 0 atom stereocenters. The van der Waals surface area contributed by atoms with Gasteiger partial charge in [-0.05, 0) is 43.0 Å². The first kappa shape index (κ1) is 20.9. The lowest BCUT2D eigenvalue weighted by Gasteiger charge is -2.22. The number of benzene rings is 1. The van der Waals surface area contributed by atoms with Crippen LogP contribution in [0.15, 0.2) is 29.4 Å². The van der Waals surface area contributed by atoms with Crippen LogP contribution < -0.4 is 5.32 Å². The first-order valence-corrected chi connectivity index (χ1v) is 9.27. The molecule has 0 fully saturated rings.